The molecule has 2 aromatic rings. The van der Waals surface area contributed by atoms with Gasteiger partial charge in [0.05, 0.1) is 13.2 Å². The topological polar surface area (TPSA) is 87.2 Å². The van der Waals surface area contributed by atoms with Gasteiger partial charge in [-0.15, -0.1) is 0 Å². The third-order valence-corrected chi connectivity index (χ3v) is 7.96. The van der Waals surface area contributed by atoms with Gasteiger partial charge in [-0.05, 0) is 55.8 Å². The Morgan fingerprint density at radius 3 is 2.59 bits per heavy atom. The van der Waals surface area contributed by atoms with Crippen molar-refractivity contribution in [1.82, 2.24) is 9.21 Å². The first kappa shape index (κ1) is 25.9. The van der Waals surface area contributed by atoms with Gasteiger partial charge in [0.25, 0.3) is 5.91 Å². The molecule has 2 aromatic carbocycles. The lowest BCUT2D eigenvalue weighted by atomic mass is 10.0. The van der Waals surface area contributed by atoms with Crippen LogP contribution in [-0.2, 0) is 10.0 Å². The number of amides is 1. The molecule has 1 amide bonds. The van der Waals surface area contributed by atoms with Crippen molar-refractivity contribution in [1.29, 1.82) is 0 Å². The monoisotopic (exact) mass is 490 g/mol. The molecule has 0 saturated heterocycles. The molecule has 0 aliphatic carbocycles. The van der Waals surface area contributed by atoms with E-state index in [1.165, 1.54) is 39.5 Å². The maximum Gasteiger partial charge on any atom is 0.253 e. The minimum Gasteiger partial charge on any atom is -0.487 e. The number of nitrogens with zero attached hydrogens (tertiary/aromatic N) is 2. The van der Waals surface area contributed by atoms with E-state index in [-0.39, 0.29) is 42.2 Å². The van der Waals surface area contributed by atoms with Crippen LogP contribution in [-0.4, -0.2) is 67.5 Å². The number of carbonyl (C=O) groups is 1. The molecule has 0 radical (unpaired) electrons. The van der Waals surface area contributed by atoms with E-state index in [0.29, 0.717) is 5.56 Å². The number of aliphatic hydroxyl groups is 1. The van der Waals surface area contributed by atoms with E-state index < -0.39 is 28.0 Å². The molecule has 7 nitrogen and oxygen atoms in total. The van der Waals surface area contributed by atoms with Crippen LogP contribution in [0.2, 0.25) is 0 Å². The van der Waals surface area contributed by atoms with Gasteiger partial charge in [-0.3, -0.25) is 4.79 Å². The van der Waals surface area contributed by atoms with Crippen LogP contribution in [0, 0.1) is 11.7 Å². The van der Waals surface area contributed by atoms with Gasteiger partial charge in [-0.1, -0.05) is 25.1 Å². The highest BCUT2D eigenvalue weighted by molar-refractivity contribution is 7.89. The summed E-state index contributed by atoms with van der Waals surface area (Å²) in [5.41, 5.74) is 1.12. The lowest BCUT2D eigenvalue weighted by Crippen LogP contribution is -2.50. The highest BCUT2D eigenvalue weighted by atomic mass is 32.2. The number of allylic oxidation sites excluding steroid dienone is 1. The van der Waals surface area contributed by atoms with E-state index >= 15 is 0 Å². The number of sulfonamides is 1. The molecule has 0 unspecified atom stereocenters. The van der Waals surface area contributed by atoms with Gasteiger partial charge >= 0.3 is 0 Å². The summed E-state index contributed by atoms with van der Waals surface area (Å²) >= 11 is 0. The molecule has 1 N–H and O–H groups in total. The van der Waals surface area contributed by atoms with Crippen LogP contribution < -0.4 is 4.74 Å². The van der Waals surface area contributed by atoms with Crippen molar-refractivity contribution in [3.8, 4) is 5.75 Å². The highest BCUT2D eigenvalue weighted by Crippen LogP contribution is 2.34. The van der Waals surface area contributed by atoms with Crippen LogP contribution in [0.25, 0.3) is 6.08 Å². The number of hydrogen-bond donors (Lipinski definition) is 1. The maximum atomic E-state index is 13.5. The van der Waals surface area contributed by atoms with Gasteiger partial charge in [0.2, 0.25) is 10.0 Å². The summed E-state index contributed by atoms with van der Waals surface area (Å²) in [6.45, 7) is 5.34. The zero-order valence-corrected chi connectivity index (χ0v) is 20.6. The number of aliphatic hydroxyl groups excluding tert-OH is 1. The zero-order valence-electron chi connectivity index (χ0n) is 19.8. The summed E-state index contributed by atoms with van der Waals surface area (Å²) in [6, 6.07) is 9.55. The van der Waals surface area contributed by atoms with Crippen molar-refractivity contribution < 1.29 is 27.4 Å². The zero-order chi connectivity index (χ0) is 25.0. The molecule has 9 heteroatoms. The molecule has 1 aliphatic rings. The average Bonchev–Trinajstić information content (AvgIpc) is 2.81. The van der Waals surface area contributed by atoms with Gasteiger partial charge in [0, 0.05) is 31.1 Å². The fourth-order valence-electron chi connectivity index (χ4n) is 3.92. The molecule has 0 spiro atoms. The Morgan fingerprint density at radius 2 is 1.97 bits per heavy atom. The fraction of sp³-hybridized carbons (Fsp3) is 0.400. The second-order valence-corrected chi connectivity index (χ2v) is 10.5. The number of hydrogen-bond acceptors (Lipinski definition) is 5. The van der Waals surface area contributed by atoms with Crippen LogP contribution >= 0.6 is 0 Å². The number of carbonyl (C=O) groups excluding carboxylic acids is 1. The number of halogens is 1. The quantitative estimate of drug-likeness (QED) is 0.671. The fourth-order valence-corrected chi connectivity index (χ4v) is 5.75. The molecule has 0 bridgehead atoms. The first-order valence-corrected chi connectivity index (χ1v) is 12.6. The minimum absolute atomic E-state index is 0.0190. The lowest BCUT2D eigenvalue weighted by molar-refractivity contribution is 0.0563. The molecule has 3 rings (SSSR count). The molecule has 0 fully saturated rings. The maximum absolute atomic E-state index is 13.5. The molecule has 3 atom stereocenters. The first-order chi connectivity index (χ1) is 16.1. The van der Waals surface area contributed by atoms with Crippen molar-refractivity contribution in [2.24, 2.45) is 5.92 Å². The van der Waals surface area contributed by atoms with E-state index in [1.807, 2.05) is 26.0 Å². The van der Waals surface area contributed by atoms with Gasteiger partial charge in [0.15, 0.2) is 0 Å². The van der Waals surface area contributed by atoms with Crippen molar-refractivity contribution >= 4 is 22.0 Å². The molecule has 0 aromatic heterocycles. The predicted octanol–water partition coefficient (Wildman–Crippen LogP) is 3.40. The van der Waals surface area contributed by atoms with Gasteiger partial charge in [-0.25, -0.2) is 12.8 Å². The third-order valence-electron chi connectivity index (χ3n) is 5.94. The Balaban J connectivity index is 1.99. The largest absolute Gasteiger partial charge is 0.487 e. The number of ether oxygens (including phenoxy) is 1. The summed E-state index contributed by atoms with van der Waals surface area (Å²) in [7, 11) is -2.30. The molecule has 184 valence electrons. The molecular weight excluding hydrogens is 459 g/mol. The van der Waals surface area contributed by atoms with E-state index in [4.69, 9.17) is 4.74 Å². The Hall–Kier alpha value is -2.75. The molecule has 1 heterocycles. The summed E-state index contributed by atoms with van der Waals surface area (Å²) in [5.74, 6) is -0.825. The number of rotatable bonds is 6. The third kappa shape index (κ3) is 5.48. The lowest BCUT2D eigenvalue weighted by Gasteiger charge is -2.37. The number of likely N-dealkylation sites (N-methyl/N-ethyl adjacent to an activating group) is 1. The Bertz CT molecular complexity index is 1150. The predicted molar refractivity (Wildman–Crippen MR) is 129 cm³/mol. The number of fused-ring (bicyclic) bond motifs is 1. The first-order valence-electron chi connectivity index (χ1n) is 11.2. The highest BCUT2D eigenvalue weighted by Gasteiger charge is 2.38. The molecule has 34 heavy (non-hydrogen) atoms. The summed E-state index contributed by atoms with van der Waals surface area (Å²) in [5, 5.41) is 9.73. The normalized spacial score (nSPS) is 21.2. The van der Waals surface area contributed by atoms with E-state index in [0.717, 1.165) is 5.56 Å². The van der Waals surface area contributed by atoms with Crippen LogP contribution in [0.15, 0.2) is 53.4 Å². The minimum atomic E-state index is -3.93. The Morgan fingerprint density at radius 1 is 1.29 bits per heavy atom. The second-order valence-electron chi connectivity index (χ2n) is 8.64. The van der Waals surface area contributed by atoms with Crippen molar-refractivity contribution in [3.05, 3.63) is 65.5 Å². The second kappa shape index (κ2) is 10.7. The van der Waals surface area contributed by atoms with E-state index in [9.17, 15) is 22.7 Å². The molecular formula is C25H31FN2O5S. The van der Waals surface area contributed by atoms with Gasteiger partial charge < -0.3 is 14.7 Å². The van der Waals surface area contributed by atoms with Crippen LogP contribution in [0.3, 0.4) is 0 Å². The van der Waals surface area contributed by atoms with E-state index in [1.54, 1.807) is 26.1 Å². The Kier molecular flexibility index (Phi) is 8.12. The van der Waals surface area contributed by atoms with Crippen LogP contribution in [0.5, 0.6) is 5.75 Å². The van der Waals surface area contributed by atoms with Crippen molar-refractivity contribution in [3.63, 3.8) is 0 Å². The standard InChI is InChI=1S/C25H31FN2O5S/c1-5-6-19-7-12-24-22(13-19)33-23(17(2)14-28(18(3)16-29)34(24,31)32)15-27(4)25(30)20-8-10-21(26)11-9-20/h5-13,17-18,23,29H,14-16H2,1-4H3/b6-5+/t17-,18-,23+/m1/s1. The van der Waals surface area contributed by atoms with Crippen molar-refractivity contribution in [2.75, 3.05) is 26.7 Å². The van der Waals surface area contributed by atoms with Crippen LogP contribution in [0.4, 0.5) is 4.39 Å². The summed E-state index contributed by atoms with van der Waals surface area (Å²) in [4.78, 5) is 14.4. The molecule has 1 aliphatic heterocycles. The summed E-state index contributed by atoms with van der Waals surface area (Å²) in [6.07, 6.45) is 3.15. The van der Waals surface area contributed by atoms with E-state index in [2.05, 4.69) is 0 Å². The average molecular weight is 491 g/mol. The SMILES string of the molecule is C/C=C/c1ccc2c(c1)O[C@@H](CN(C)C(=O)c1ccc(F)cc1)[C@H](C)CN([C@H](C)CO)S2(=O)=O. The smallest absolute Gasteiger partial charge is 0.253 e. The van der Waals surface area contributed by atoms with Crippen molar-refractivity contribution in [2.45, 2.75) is 37.8 Å². The van der Waals surface area contributed by atoms with Gasteiger partial charge in [0.1, 0.15) is 22.6 Å². The van der Waals surface area contributed by atoms with Crippen LogP contribution in [0.1, 0.15) is 36.7 Å². The summed E-state index contributed by atoms with van der Waals surface area (Å²) < 4.78 is 47.7. The number of benzene rings is 2. The molecule has 0 saturated carbocycles. The van der Waals surface area contributed by atoms with Gasteiger partial charge in [-0.2, -0.15) is 4.31 Å². The Labute approximate surface area is 200 Å².